The van der Waals surface area contributed by atoms with Crippen molar-refractivity contribution in [2.45, 2.75) is 34.6 Å². The van der Waals surface area contributed by atoms with Gasteiger partial charge in [0, 0.05) is 31.9 Å². The van der Waals surface area contributed by atoms with Gasteiger partial charge in [-0.3, -0.25) is 9.69 Å². The minimum Gasteiger partial charge on any atom is -0.366 e. The number of carbonyl (C=O) groups is 1. The first-order valence-corrected chi connectivity index (χ1v) is 11.3. The largest absolute Gasteiger partial charge is 0.366 e. The number of nitrogens with zero attached hydrogens (tertiary/aromatic N) is 4. The molecule has 2 heterocycles. The number of nitrogens with one attached hydrogen (secondary N) is 1. The standard InChI is InChI=1S/C26H33N5O/c1-18-15-19(2)25(20(3)16-18)27-24(32)17-29-11-13-30(14-12-29)26-21(4)28-31(22(26)5)23-9-7-6-8-10-23/h6-10,15-16H,11-14,17H2,1-5H3,(H,27,32). The summed E-state index contributed by atoms with van der Waals surface area (Å²) in [5.41, 5.74) is 8.88. The van der Waals surface area contributed by atoms with Gasteiger partial charge in [-0.05, 0) is 57.9 Å². The minimum atomic E-state index is 0.0535. The highest BCUT2D eigenvalue weighted by Gasteiger charge is 2.24. The molecule has 0 spiro atoms. The molecule has 6 nitrogen and oxygen atoms in total. The van der Waals surface area contributed by atoms with Crippen molar-refractivity contribution < 1.29 is 4.79 Å². The van der Waals surface area contributed by atoms with Crippen LogP contribution in [0.25, 0.3) is 5.69 Å². The van der Waals surface area contributed by atoms with Gasteiger partial charge in [0.1, 0.15) is 0 Å². The fourth-order valence-electron chi connectivity index (χ4n) is 4.80. The summed E-state index contributed by atoms with van der Waals surface area (Å²) >= 11 is 0. The summed E-state index contributed by atoms with van der Waals surface area (Å²) in [7, 11) is 0. The quantitative estimate of drug-likeness (QED) is 0.659. The van der Waals surface area contributed by atoms with E-state index < -0.39 is 0 Å². The van der Waals surface area contributed by atoms with E-state index in [0.29, 0.717) is 6.54 Å². The van der Waals surface area contributed by atoms with Crippen molar-refractivity contribution in [1.82, 2.24) is 14.7 Å². The zero-order chi connectivity index (χ0) is 22.8. The van der Waals surface area contributed by atoms with Gasteiger partial charge in [0.05, 0.1) is 29.3 Å². The summed E-state index contributed by atoms with van der Waals surface area (Å²) in [6, 6.07) is 14.5. The van der Waals surface area contributed by atoms with Gasteiger partial charge in [0.15, 0.2) is 0 Å². The van der Waals surface area contributed by atoms with Crippen molar-refractivity contribution in [2.75, 3.05) is 42.9 Å². The van der Waals surface area contributed by atoms with E-state index in [1.807, 2.05) is 22.9 Å². The molecule has 1 saturated heterocycles. The monoisotopic (exact) mass is 431 g/mol. The SMILES string of the molecule is Cc1cc(C)c(NC(=O)CN2CCN(c3c(C)nn(-c4ccccc4)c3C)CC2)c(C)c1. The predicted molar refractivity (Wildman–Crippen MR) is 131 cm³/mol. The molecule has 3 aromatic rings. The smallest absolute Gasteiger partial charge is 0.238 e. The first kappa shape index (κ1) is 22.1. The Morgan fingerprint density at radius 1 is 0.938 bits per heavy atom. The van der Waals surface area contributed by atoms with Crippen LogP contribution in [0.2, 0.25) is 0 Å². The van der Waals surface area contributed by atoms with E-state index >= 15 is 0 Å². The second-order valence-electron chi connectivity index (χ2n) is 8.85. The third-order valence-electron chi connectivity index (χ3n) is 6.25. The molecule has 1 amide bonds. The maximum Gasteiger partial charge on any atom is 0.238 e. The molecule has 0 unspecified atom stereocenters. The molecular formula is C26H33N5O. The van der Waals surface area contributed by atoms with Crippen molar-refractivity contribution in [3.05, 3.63) is 70.5 Å². The highest BCUT2D eigenvalue weighted by Crippen LogP contribution is 2.28. The normalized spacial score (nSPS) is 14.6. The highest BCUT2D eigenvalue weighted by molar-refractivity contribution is 5.93. The van der Waals surface area contributed by atoms with Crippen LogP contribution in [0, 0.1) is 34.6 Å². The molecule has 1 fully saturated rings. The van der Waals surface area contributed by atoms with Gasteiger partial charge in [-0.25, -0.2) is 4.68 Å². The van der Waals surface area contributed by atoms with E-state index in [-0.39, 0.29) is 5.91 Å². The summed E-state index contributed by atoms with van der Waals surface area (Å²) in [6.45, 7) is 14.3. The van der Waals surface area contributed by atoms with Crippen molar-refractivity contribution in [1.29, 1.82) is 0 Å². The number of hydrogen-bond donors (Lipinski definition) is 1. The van der Waals surface area contributed by atoms with Crippen molar-refractivity contribution in [2.24, 2.45) is 0 Å². The molecule has 2 aromatic carbocycles. The van der Waals surface area contributed by atoms with E-state index in [0.717, 1.165) is 60.1 Å². The highest BCUT2D eigenvalue weighted by atomic mass is 16.2. The molecule has 6 heteroatoms. The van der Waals surface area contributed by atoms with Crippen LogP contribution >= 0.6 is 0 Å². The number of amides is 1. The number of carbonyl (C=O) groups excluding carboxylic acids is 1. The Morgan fingerprint density at radius 3 is 2.19 bits per heavy atom. The lowest BCUT2D eigenvalue weighted by Crippen LogP contribution is -2.49. The van der Waals surface area contributed by atoms with Gasteiger partial charge >= 0.3 is 0 Å². The first-order chi connectivity index (χ1) is 15.3. The Balaban J connectivity index is 1.38. The fraction of sp³-hybridized carbons (Fsp3) is 0.385. The number of anilines is 2. The zero-order valence-electron chi connectivity index (χ0n) is 19.8. The summed E-state index contributed by atoms with van der Waals surface area (Å²) in [4.78, 5) is 17.3. The van der Waals surface area contributed by atoms with Crippen LogP contribution in [0.5, 0.6) is 0 Å². The molecule has 0 aliphatic carbocycles. The molecular weight excluding hydrogens is 398 g/mol. The van der Waals surface area contributed by atoms with Crippen molar-refractivity contribution in [3.63, 3.8) is 0 Å². The third-order valence-corrected chi connectivity index (χ3v) is 6.25. The van der Waals surface area contributed by atoms with E-state index in [2.05, 4.69) is 74.0 Å². The van der Waals surface area contributed by atoms with E-state index in [4.69, 9.17) is 5.10 Å². The Morgan fingerprint density at radius 2 is 1.56 bits per heavy atom. The number of hydrogen-bond acceptors (Lipinski definition) is 4. The van der Waals surface area contributed by atoms with Gasteiger partial charge in [-0.15, -0.1) is 0 Å². The second kappa shape index (κ2) is 9.17. The van der Waals surface area contributed by atoms with Gasteiger partial charge in [-0.2, -0.15) is 5.10 Å². The lowest BCUT2D eigenvalue weighted by molar-refractivity contribution is -0.117. The lowest BCUT2D eigenvalue weighted by atomic mass is 10.1. The van der Waals surface area contributed by atoms with Crippen LogP contribution in [0.15, 0.2) is 42.5 Å². The van der Waals surface area contributed by atoms with Crippen LogP contribution in [0.4, 0.5) is 11.4 Å². The Kier molecular flexibility index (Phi) is 6.33. The molecule has 1 aliphatic rings. The fourth-order valence-corrected chi connectivity index (χ4v) is 4.80. The van der Waals surface area contributed by atoms with Gasteiger partial charge in [-0.1, -0.05) is 35.9 Å². The molecule has 1 aliphatic heterocycles. The topological polar surface area (TPSA) is 53.4 Å². The minimum absolute atomic E-state index is 0.0535. The molecule has 4 rings (SSSR count). The van der Waals surface area contributed by atoms with Gasteiger partial charge in [0.25, 0.3) is 0 Å². The average Bonchev–Trinajstić information content (AvgIpc) is 3.06. The first-order valence-electron chi connectivity index (χ1n) is 11.3. The van der Waals surface area contributed by atoms with Crippen LogP contribution in [0.1, 0.15) is 28.1 Å². The van der Waals surface area contributed by atoms with Gasteiger partial charge in [0.2, 0.25) is 5.91 Å². The van der Waals surface area contributed by atoms with Crippen molar-refractivity contribution in [3.8, 4) is 5.69 Å². The maximum atomic E-state index is 12.7. The Labute approximate surface area is 190 Å². The second-order valence-corrected chi connectivity index (χ2v) is 8.85. The number of piperazine rings is 1. The van der Waals surface area contributed by atoms with Crippen LogP contribution < -0.4 is 10.2 Å². The number of rotatable bonds is 5. The summed E-state index contributed by atoms with van der Waals surface area (Å²) in [5.74, 6) is 0.0535. The lowest BCUT2D eigenvalue weighted by Gasteiger charge is -2.35. The molecule has 1 aromatic heterocycles. The Bertz CT molecular complexity index is 1090. The number of benzene rings is 2. The molecule has 1 N–H and O–H groups in total. The molecule has 0 atom stereocenters. The molecule has 168 valence electrons. The summed E-state index contributed by atoms with van der Waals surface area (Å²) in [6.07, 6.45) is 0. The van der Waals surface area contributed by atoms with Gasteiger partial charge < -0.3 is 10.2 Å². The molecule has 32 heavy (non-hydrogen) atoms. The number of para-hydroxylation sites is 1. The molecule has 0 bridgehead atoms. The van der Waals surface area contributed by atoms with Crippen molar-refractivity contribution >= 4 is 17.3 Å². The Hall–Kier alpha value is -3.12. The third kappa shape index (κ3) is 4.55. The van der Waals surface area contributed by atoms with E-state index in [9.17, 15) is 4.79 Å². The summed E-state index contributed by atoms with van der Waals surface area (Å²) < 4.78 is 2.02. The zero-order valence-corrected chi connectivity index (χ0v) is 19.8. The molecule has 0 radical (unpaired) electrons. The molecule has 0 saturated carbocycles. The summed E-state index contributed by atoms with van der Waals surface area (Å²) in [5, 5.41) is 7.92. The van der Waals surface area contributed by atoms with Crippen LogP contribution in [0.3, 0.4) is 0 Å². The average molecular weight is 432 g/mol. The van der Waals surface area contributed by atoms with E-state index in [1.54, 1.807) is 0 Å². The van der Waals surface area contributed by atoms with Crippen LogP contribution in [-0.2, 0) is 4.79 Å². The number of aromatic nitrogens is 2. The maximum absolute atomic E-state index is 12.7. The van der Waals surface area contributed by atoms with E-state index in [1.165, 1.54) is 11.3 Å². The van der Waals surface area contributed by atoms with Crippen LogP contribution in [-0.4, -0.2) is 53.3 Å². The predicted octanol–water partition coefficient (Wildman–Crippen LogP) is 4.18. The number of aryl methyl sites for hydroxylation is 4.